The van der Waals surface area contributed by atoms with E-state index in [1.54, 1.807) is 11.3 Å². The molecule has 24 heavy (non-hydrogen) atoms. The molecule has 124 valence electrons. The van der Waals surface area contributed by atoms with E-state index in [4.69, 9.17) is 4.74 Å². The molecule has 0 amide bonds. The van der Waals surface area contributed by atoms with E-state index in [-0.39, 0.29) is 0 Å². The minimum absolute atomic E-state index is 0.306. The number of nitrogens with one attached hydrogen (secondary N) is 1. The Balaban J connectivity index is 1.49. The lowest BCUT2D eigenvalue weighted by Crippen LogP contribution is -2.18. The van der Waals surface area contributed by atoms with Gasteiger partial charge in [0.25, 0.3) is 0 Å². The third kappa shape index (κ3) is 4.66. The largest absolute Gasteiger partial charge is 0.486 e. The van der Waals surface area contributed by atoms with Crippen LogP contribution in [0.1, 0.15) is 34.8 Å². The first-order chi connectivity index (χ1) is 11.7. The fourth-order valence-corrected chi connectivity index (χ4v) is 3.10. The van der Waals surface area contributed by atoms with E-state index in [1.165, 1.54) is 11.1 Å². The summed E-state index contributed by atoms with van der Waals surface area (Å²) < 4.78 is 5.78. The SMILES string of the molecule is Cc1ccc(OCc2nc(CNC(C)c3ccccc3)cs2)cc1. The molecular weight excluding hydrogens is 316 g/mol. The van der Waals surface area contributed by atoms with Crippen LogP contribution in [0, 0.1) is 6.92 Å². The zero-order valence-electron chi connectivity index (χ0n) is 14.0. The van der Waals surface area contributed by atoms with Gasteiger partial charge >= 0.3 is 0 Å². The van der Waals surface area contributed by atoms with Crippen LogP contribution in [0.3, 0.4) is 0 Å². The molecule has 0 saturated carbocycles. The molecule has 0 fully saturated rings. The van der Waals surface area contributed by atoms with Gasteiger partial charge in [0.2, 0.25) is 0 Å². The van der Waals surface area contributed by atoms with Gasteiger partial charge < -0.3 is 10.1 Å². The summed E-state index contributed by atoms with van der Waals surface area (Å²) in [6, 6.07) is 18.8. The minimum Gasteiger partial charge on any atom is -0.486 e. The Labute approximate surface area is 147 Å². The lowest BCUT2D eigenvalue weighted by Gasteiger charge is -2.12. The first kappa shape index (κ1) is 16.7. The highest BCUT2D eigenvalue weighted by atomic mass is 32.1. The van der Waals surface area contributed by atoms with E-state index < -0.39 is 0 Å². The maximum absolute atomic E-state index is 5.78. The van der Waals surface area contributed by atoms with Crippen molar-refractivity contribution in [2.75, 3.05) is 0 Å². The predicted octanol–water partition coefficient (Wildman–Crippen LogP) is 4.88. The standard InChI is InChI=1S/C20H22N2OS/c1-15-8-10-19(11-9-15)23-13-20-22-18(14-24-20)12-21-16(2)17-6-4-3-5-7-17/h3-11,14,16,21H,12-13H2,1-2H3. The summed E-state index contributed by atoms with van der Waals surface area (Å²) in [4.78, 5) is 4.64. The van der Waals surface area contributed by atoms with E-state index in [2.05, 4.69) is 65.9 Å². The van der Waals surface area contributed by atoms with Gasteiger partial charge in [0.1, 0.15) is 17.4 Å². The quantitative estimate of drug-likeness (QED) is 0.666. The number of hydrogen-bond donors (Lipinski definition) is 1. The molecule has 3 nitrogen and oxygen atoms in total. The van der Waals surface area contributed by atoms with Crippen LogP contribution in [0.25, 0.3) is 0 Å². The second-order valence-electron chi connectivity index (χ2n) is 5.85. The molecule has 1 atom stereocenters. The maximum atomic E-state index is 5.78. The predicted molar refractivity (Wildman–Crippen MR) is 99.3 cm³/mol. The van der Waals surface area contributed by atoms with Crippen LogP contribution in [0.15, 0.2) is 60.0 Å². The molecule has 4 heteroatoms. The average Bonchev–Trinajstić information content (AvgIpc) is 3.08. The van der Waals surface area contributed by atoms with Crippen LogP contribution in [0.4, 0.5) is 0 Å². The van der Waals surface area contributed by atoms with Crippen molar-refractivity contribution in [3.8, 4) is 5.75 Å². The van der Waals surface area contributed by atoms with Crippen molar-refractivity contribution in [3.05, 3.63) is 81.8 Å². The van der Waals surface area contributed by atoms with Gasteiger partial charge in [-0.25, -0.2) is 4.98 Å². The molecule has 0 aliphatic rings. The molecule has 3 aromatic rings. The average molecular weight is 338 g/mol. The summed E-state index contributed by atoms with van der Waals surface area (Å²) in [5.74, 6) is 0.883. The molecule has 1 unspecified atom stereocenters. The zero-order valence-corrected chi connectivity index (χ0v) is 14.8. The van der Waals surface area contributed by atoms with E-state index in [9.17, 15) is 0 Å². The summed E-state index contributed by atoms with van der Waals surface area (Å²) >= 11 is 1.64. The van der Waals surface area contributed by atoms with Crippen LogP contribution in [0.5, 0.6) is 5.75 Å². The highest BCUT2D eigenvalue weighted by Crippen LogP contribution is 2.17. The molecule has 1 aromatic heterocycles. The van der Waals surface area contributed by atoms with Crippen LogP contribution >= 0.6 is 11.3 Å². The first-order valence-corrected chi connectivity index (χ1v) is 9.00. The molecule has 0 saturated heterocycles. The van der Waals surface area contributed by atoms with Gasteiger partial charge in [0.15, 0.2) is 0 Å². The normalized spacial score (nSPS) is 12.1. The highest BCUT2D eigenvalue weighted by molar-refractivity contribution is 7.09. The van der Waals surface area contributed by atoms with Crippen molar-refractivity contribution in [3.63, 3.8) is 0 Å². The molecule has 0 radical (unpaired) electrons. The Kier molecular flexibility index (Phi) is 5.62. The molecule has 0 bridgehead atoms. The third-order valence-electron chi connectivity index (χ3n) is 3.87. The van der Waals surface area contributed by atoms with Gasteiger partial charge in [-0.1, -0.05) is 48.0 Å². The number of aryl methyl sites for hydroxylation is 1. The number of thiazole rings is 1. The Hall–Kier alpha value is -2.17. The molecule has 0 aliphatic heterocycles. The molecule has 3 rings (SSSR count). The van der Waals surface area contributed by atoms with Gasteiger partial charge in [-0.05, 0) is 31.5 Å². The number of rotatable bonds is 7. The third-order valence-corrected chi connectivity index (χ3v) is 4.74. The van der Waals surface area contributed by atoms with Crippen LogP contribution in [-0.4, -0.2) is 4.98 Å². The number of ether oxygens (including phenoxy) is 1. The fraction of sp³-hybridized carbons (Fsp3) is 0.250. The Morgan fingerprint density at radius 1 is 1.08 bits per heavy atom. The smallest absolute Gasteiger partial charge is 0.140 e. The van der Waals surface area contributed by atoms with Crippen molar-refractivity contribution in [2.24, 2.45) is 0 Å². The lowest BCUT2D eigenvalue weighted by atomic mass is 10.1. The maximum Gasteiger partial charge on any atom is 0.140 e. The van der Waals surface area contributed by atoms with Crippen molar-refractivity contribution >= 4 is 11.3 Å². The van der Waals surface area contributed by atoms with Crippen molar-refractivity contribution in [1.82, 2.24) is 10.3 Å². The molecule has 0 spiro atoms. The molecular formula is C20H22N2OS. The number of benzene rings is 2. The Morgan fingerprint density at radius 2 is 1.83 bits per heavy atom. The molecule has 1 heterocycles. The van der Waals surface area contributed by atoms with Crippen molar-refractivity contribution < 1.29 is 4.74 Å². The summed E-state index contributed by atoms with van der Waals surface area (Å²) in [5.41, 5.74) is 3.58. The molecule has 0 aliphatic carbocycles. The second-order valence-corrected chi connectivity index (χ2v) is 6.79. The molecule has 2 aromatic carbocycles. The van der Waals surface area contributed by atoms with E-state index in [0.717, 1.165) is 23.0 Å². The second kappa shape index (κ2) is 8.08. The number of aromatic nitrogens is 1. The van der Waals surface area contributed by atoms with Gasteiger partial charge in [0, 0.05) is 18.0 Å². The first-order valence-electron chi connectivity index (χ1n) is 8.12. The number of nitrogens with zero attached hydrogens (tertiary/aromatic N) is 1. The zero-order chi connectivity index (χ0) is 16.8. The van der Waals surface area contributed by atoms with Crippen molar-refractivity contribution in [2.45, 2.75) is 33.0 Å². The number of hydrogen-bond acceptors (Lipinski definition) is 4. The van der Waals surface area contributed by atoms with Crippen LogP contribution < -0.4 is 10.1 Å². The minimum atomic E-state index is 0.306. The van der Waals surface area contributed by atoms with E-state index in [1.807, 2.05) is 18.2 Å². The fourth-order valence-electron chi connectivity index (χ4n) is 2.39. The summed E-state index contributed by atoms with van der Waals surface area (Å²) in [5, 5.41) is 6.61. The molecule has 1 N–H and O–H groups in total. The topological polar surface area (TPSA) is 34.1 Å². The Morgan fingerprint density at radius 3 is 2.58 bits per heavy atom. The van der Waals surface area contributed by atoms with Crippen LogP contribution in [0.2, 0.25) is 0 Å². The van der Waals surface area contributed by atoms with E-state index >= 15 is 0 Å². The van der Waals surface area contributed by atoms with Gasteiger partial charge in [0.05, 0.1) is 5.69 Å². The van der Waals surface area contributed by atoms with Gasteiger partial charge in [-0.15, -0.1) is 11.3 Å². The highest BCUT2D eigenvalue weighted by Gasteiger charge is 2.07. The van der Waals surface area contributed by atoms with Crippen molar-refractivity contribution in [1.29, 1.82) is 0 Å². The lowest BCUT2D eigenvalue weighted by molar-refractivity contribution is 0.305. The van der Waals surface area contributed by atoms with E-state index in [0.29, 0.717) is 12.6 Å². The monoisotopic (exact) mass is 338 g/mol. The summed E-state index contributed by atoms with van der Waals surface area (Å²) in [7, 11) is 0. The van der Waals surface area contributed by atoms with Gasteiger partial charge in [-0.3, -0.25) is 0 Å². The van der Waals surface area contributed by atoms with Crippen LogP contribution in [-0.2, 0) is 13.2 Å². The Bertz CT molecular complexity index is 753. The summed E-state index contributed by atoms with van der Waals surface area (Å²) in [6.07, 6.45) is 0. The van der Waals surface area contributed by atoms with Gasteiger partial charge in [-0.2, -0.15) is 0 Å². The summed E-state index contributed by atoms with van der Waals surface area (Å²) in [6.45, 7) is 5.52.